The Morgan fingerprint density at radius 2 is 1.73 bits per heavy atom. The molecule has 1 aromatic heterocycles. The molecule has 0 bridgehead atoms. The third-order valence-corrected chi connectivity index (χ3v) is 3.07. The van der Waals surface area contributed by atoms with Gasteiger partial charge in [-0.1, -0.05) is 0 Å². The molecule has 0 spiro atoms. The molecule has 0 aliphatic rings. The van der Waals surface area contributed by atoms with Gasteiger partial charge >= 0.3 is 12.5 Å². The topological polar surface area (TPSA) is 99.4 Å². The first kappa shape index (κ1) is 18.2. The summed E-state index contributed by atoms with van der Waals surface area (Å²) in [7, 11) is -0.721. The van der Waals surface area contributed by atoms with Gasteiger partial charge in [0.25, 0.3) is 14.7 Å². The van der Waals surface area contributed by atoms with E-state index in [0.717, 1.165) is 0 Å². The van der Waals surface area contributed by atoms with E-state index < -0.39 is 48.7 Å². The molecule has 1 aromatic rings. The summed E-state index contributed by atoms with van der Waals surface area (Å²) < 4.78 is 99.4. The van der Waals surface area contributed by atoms with E-state index in [2.05, 4.69) is 20.4 Å². The summed E-state index contributed by atoms with van der Waals surface area (Å²) in [6.45, 7) is 0. The van der Waals surface area contributed by atoms with Gasteiger partial charge in [0.05, 0.1) is 11.0 Å². The summed E-state index contributed by atoms with van der Waals surface area (Å²) >= 11 is 0. The van der Waals surface area contributed by atoms with Gasteiger partial charge in [0, 0.05) is 10.7 Å². The maximum absolute atomic E-state index is 12.7. The van der Waals surface area contributed by atoms with Crippen molar-refractivity contribution in [3.8, 4) is 5.88 Å². The lowest BCUT2D eigenvalue weighted by atomic mass is 10.2. The quantitative estimate of drug-likeness (QED) is 0.349. The zero-order valence-corrected chi connectivity index (χ0v) is 11.1. The molecule has 22 heavy (non-hydrogen) atoms. The minimum atomic E-state index is -5.62. The zero-order valence-electron chi connectivity index (χ0n) is 9.57. The molecule has 15 heteroatoms. The summed E-state index contributed by atoms with van der Waals surface area (Å²) in [6, 6.07) is -0.318. The van der Waals surface area contributed by atoms with Crippen LogP contribution in [0.25, 0.3) is 0 Å². The average molecular weight is 375 g/mol. The summed E-state index contributed by atoms with van der Waals surface area (Å²) in [6.07, 6.45) is -11.1. The number of hydrogen-bond donors (Lipinski definition) is 0. The first-order chi connectivity index (χ1) is 9.63. The van der Waals surface area contributed by atoms with Crippen LogP contribution in [0.15, 0.2) is 11.1 Å². The SMILES string of the molecule is O=[N+]([O-])c1cc(OC(F)(F)F)nc(S(=O)(=O)Cl)c1C(F)(F)F. The van der Waals surface area contributed by atoms with Crippen molar-refractivity contribution in [3.63, 3.8) is 0 Å². The van der Waals surface area contributed by atoms with E-state index in [1.165, 1.54) is 0 Å². The lowest BCUT2D eigenvalue weighted by molar-refractivity contribution is -0.388. The molecule has 0 radical (unpaired) electrons. The lowest BCUT2D eigenvalue weighted by Crippen LogP contribution is -2.21. The second-order valence-electron chi connectivity index (χ2n) is 3.40. The van der Waals surface area contributed by atoms with Gasteiger partial charge in [-0.2, -0.15) is 18.2 Å². The summed E-state index contributed by atoms with van der Waals surface area (Å²) in [4.78, 5) is 11.3. The molecular formula is C7HClF6N2O5S. The number of halogens is 7. The Morgan fingerprint density at radius 3 is 2.05 bits per heavy atom. The van der Waals surface area contributed by atoms with Gasteiger partial charge in [-0.05, 0) is 0 Å². The highest BCUT2D eigenvalue weighted by Crippen LogP contribution is 2.42. The minimum Gasteiger partial charge on any atom is -0.388 e. The predicted molar refractivity (Wildman–Crippen MR) is 55.6 cm³/mol. The number of alkyl halides is 6. The van der Waals surface area contributed by atoms with Crippen LogP contribution in [0.5, 0.6) is 5.88 Å². The standard InChI is InChI=1S/C7HClF6N2O5S/c8-22(19,20)5-4(6(9,10)11)2(16(17)18)1-3(15-5)21-7(12,13)14/h1H. The Balaban J connectivity index is 3.81. The molecule has 0 amide bonds. The smallest absolute Gasteiger partial charge is 0.388 e. The molecule has 0 saturated heterocycles. The molecule has 0 aliphatic carbocycles. The minimum absolute atomic E-state index is 0.318. The molecule has 124 valence electrons. The number of pyridine rings is 1. The maximum atomic E-state index is 12.7. The molecule has 1 heterocycles. The molecule has 0 atom stereocenters. The molecule has 0 aliphatic heterocycles. The van der Waals surface area contributed by atoms with Crippen LogP contribution >= 0.6 is 10.7 Å². The van der Waals surface area contributed by atoms with Crippen LogP contribution in [0.1, 0.15) is 5.56 Å². The van der Waals surface area contributed by atoms with Gasteiger partial charge in [0.15, 0.2) is 10.6 Å². The Labute approximate surface area is 121 Å². The van der Waals surface area contributed by atoms with Gasteiger partial charge in [-0.25, -0.2) is 8.42 Å². The molecule has 0 fully saturated rings. The Bertz CT molecular complexity index is 715. The first-order valence-electron chi connectivity index (χ1n) is 4.60. The van der Waals surface area contributed by atoms with Gasteiger partial charge in [-0.3, -0.25) is 10.1 Å². The van der Waals surface area contributed by atoms with Gasteiger partial charge in [0.1, 0.15) is 0 Å². The highest BCUT2D eigenvalue weighted by atomic mass is 35.7. The molecular weight excluding hydrogens is 374 g/mol. The Kier molecular flexibility index (Phi) is 4.49. The van der Waals surface area contributed by atoms with Crippen molar-refractivity contribution in [2.45, 2.75) is 17.6 Å². The average Bonchev–Trinajstić information content (AvgIpc) is 2.22. The van der Waals surface area contributed by atoms with Gasteiger partial charge in [0.2, 0.25) is 5.88 Å². The van der Waals surface area contributed by atoms with Crippen LogP contribution in [0.4, 0.5) is 32.0 Å². The van der Waals surface area contributed by atoms with E-state index in [-0.39, 0.29) is 6.07 Å². The van der Waals surface area contributed by atoms with Crippen molar-refractivity contribution in [1.82, 2.24) is 4.98 Å². The number of nitro groups is 1. The van der Waals surface area contributed by atoms with Crippen LogP contribution in [0.2, 0.25) is 0 Å². The van der Waals surface area contributed by atoms with E-state index >= 15 is 0 Å². The molecule has 0 unspecified atom stereocenters. The van der Waals surface area contributed by atoms with Crippen molar-refractivity contribution in [2.24, 2.45) is 0 Å². The fourth-order valence-corrected chi connectivity index (χ4v) is 2.24. The monoisotopic (exact) mass is 374 g/mol. The van der Waals surface area contributed by atoms with E-state index in [0.29, 0.717) is 0 Å². The lowest BCUT2D eigenvalue weighted by Gasteiger charge is -2.13. The number of rotatable bonds is 3. The fraction of sp³-hybridized carbons (Fsp3) is 0.286. The fourth-order valence-electron chi connectivity index (χ4n) is 1.24. The van der Waals surface area contributed by atoms with Crippen molar-refractivity contribution >= 4 is 25.4 Å². The number of hydrogen-bond acceptors (Lipinski definition) is 6. The first-order valence-corrected chi connectivity index (χ1v) is 6.91. The Morgan fingerprint density at radius 1 is 1.23 bits per heavy atom. The summed E-state index contributed by atoms with van der Waals surface area (Å²) in [5.41, 5.74) is -4.43. The molecule has 1 rings (SSSR count). The van der Waals surface area contributed by atoms with Gasteiger partial charge in [-0.15, -0.1) is 13.2 Å². The largest absolute Gasteiger partial charge is 0.574 e. The van der Waals surface area contributed by atoms with Crippen molar-refractivity contribution < 1.29 is 44.4 Å². The van der Waals surface area contributed by atoms with Crippen LogP contribution < -0.4 is 4.74 Å². The Hall–Kier alpha value is -1.83. The van der Waals surface area contributed by atoms with Crippen LogP contribution in [0.3, 0.4) is 0 Å². The van der Waals surface area contributed by atoms with Crippen molar-refractivity contribution in [2.75, 3.05) is 0 Å². The van der Waals surface area contributed by atoms with Crippen molar-refractivity contribution in [3.05, 3.63) is 21.7 Å². The summed E-state index contributed by atoms with van der Waals surface area (Å²) in [5, 5.41) is 8.40. The second kappa shape index (κ2) is 5.42. The molecule has 0 saturated carbocycles. The van der Waals surface area contributed by atoms with Gasteiger partial charge < -0.3 is 4.74 Å². The third kappa shape index (κ3) is 4.33. The molecule has 0 N–H and O–H groups in total. The van der Waals surface area contributed by atoms with Crippen LogP contribution in [-0.2, 0) is 15.2 Å². The van der Waals surface area contributed by atoms with E-state index in [4.69, 9.17) is 0 Å². The van der Waals surface area contributed by atoms with E-state index in [1.54, 1.807) is 0 Å². The highest BCUT2D eigenvalue weighted by molar-refractivity contribution is 8.13. The number of ether oxygens (including phenoxy) is 1. The third-order valence-electron chi connectivity index (χ3n) is 1.87. The normalized spacial score (nSPS) is 13.0. The van der Waals surface area contributed by atoms with E-state index in [1.807, 2.05) is 0 Å². The maximum Gasteiger partial charge on any atom is 0.574 e. The zero-order chi connectivity index (χ0) is 17.5. The second-order valence-corrected chi connectivity index (χ2v) is 5.88. The molecule has 7 nitrogen and oxygen atoms in total. The highest BCUT2D eigenvalue weighted by Gasteiger charge is 2.46. The summed E-state index contributed by atoms with van der Waals surface area (Å²) in [5.74, 6) is -1.79. The van der Waals surface area contributed by atoms with Crippen LogP contribution in [0, 0.1) is 10.1 Å². The van der Waals surface area contributed by atoms with Crippen molar-refractivity contribution in [1.29, 1.82) is 0 Å². The predicted octanol–water partition coefficient (Wildman–Crippen LogP) is 2.83. The molecule has 0 aromatic carbocycles. The number of nitrogens with zero attached hydrogens (tertiary/aromatic N) is 2. The van der Waals surface area contributed by atoms with Crippen LogP contribution in [-0.4, -0.2) is 24.7 Å². The van der Waals surface area contributed by atoms with E-state index in [9.17, 15) is 44.9 Å². The number of aromatic nitrogens is 1.